The van der Waals surface area contributed by atoms with Crippen LogP contribution in [0.1, 0.15) is 23.1 Å². The molecule has 0 aliphatic carbocycles. The van der Waals surface area contributed by atoms with Gasteiger partial charge in [0.1, 0.15) is 34.9 Å². The van der Waals surface area contributed by atoms with E-state index < -0.39 is 5.97 Å². The number of anilines is 2. The molecule has 0 atom stereocenters. The van der Waals surface area contributed by atoms with E-state index >= 15 is 0 Å². The summed E-state index contributed by atoms with van der Waals surface area (Å²) >= 11 is 3.46. The summed E-state index contributed by atoms with van der Waals surface area (Å²) < 4.78 is 17.0. The second kappa shape index (κ2) is 12.6. The second-order valence-electron chi connectivity index (χ2n) is 7.45. The van der Waals surface area contributed by atoms with Gasteiger partial charge in [-0.25, -0.2) is 4.98 Å². The zero-order valence-corrected chi connectivity index (χ0v) is 20.7. The number of halogens is 1. The Balaban J connectivity index is 1.50. The maximum absolute atomic E-state index is 12.1. The summed E-state index contributed by atoms with van der Waals surface area (Å²) in [6.45, 7) is 0.0198. The van der Waals surface area contributed by atoms with Crippen LogP contribution >= 0.6 is 15.9 Å². The lowest BCUT2D eigenvalue weighted by atomic mass is 10.1. The molecule has 5 N–H and O–H groups in total. The Bertz CT molecular complexity index is 1180. The van der Waals surface area contributed by atoms with E-state index in [4.69, 9.17) is 25.7 Å². The molecule has 0 spiro atoms. The van der Waals surface area contributed by atoms with Crippen molar-refractivity contribution in [1.29, 1.82) is 0 Å². The van der Waals surface area contributed by atoms with E-state index in [1.807, 2.05) is 36.4 Å². The first-order valence-corrected chi connectivity index (χ1v) is 11.5. The van der Waals surface area contributed by atoms with Crippen LogP contribution in [0.15, 0.2) is 53.1 Å². The first-order chi connectivity index (χ1) is 16.9. The Kier molecular flexibility index (Phi) is 9.24. The monoisotopic (exact) mass is 543 g/mol. The second-order valence-corrected chi connectivity index (χ2v) is 8.24. The van der Waals surface area contributed by atoms with Crippen LogP contribution in [0, 0.1) is 0 Å². The topological polar surface area (TPSA) is 152 Å². The number of hydrogen-bond acceptors (Lipinski definition) is 9. The first kappa shape index (κ1) is 25.8. The van der Waals surface area contributed by atoms with Crippen LogP contribution in [0.2, 0.25) is 0 Å². The average Bonchev–Trinajstić information content (AvgIpc) is 2.85. The highest BCUT2D eigenvalue weighted by atomic mass is 79.9. The third kappa shape index (κ3) is 7.85. The minimum atomic E-state index is -0.519. The van der Waals surface area contributed by atoms with Gasteiger partial charge in [-0.2, -0.15) is 4.98 Å². The molecule has 0 bridgehead atoms. The predicted octanol–water partition coefficient (Wildman–Crippen LogP) is 2.63. The molecule has 0 saturated heterocycles. The molecule has 1 aromatic heterocycles. The van der Waals surface area contributed by atoms with Gasteiger partial charge in [-0.15, -0.1) is 0 Å². The number of esters is 1. The summed E-state index contributed by atoms with van der Waals surface area (Å²) in [5.74, 6) is 0.580. The first-order valence-electron chi connectivity index (χ1n) is 10.7. The van der Waals surface area contributed by atoms with E-state index in [2.05, 4.69) is 31.2 Å². The Labute approximate surface area is 211 Å². The number of rotatable bonds is 11. The summed E-state index contributed by atoms with van der Waals surface area (Å²) in [4.78, 5) is 31.9. The number of hydrogen-bond donors (Lipinski definition) is 3. The molecule has 1 amide bonds. The number of ether oxygens (including phenoxy) is 3. The van der Waals surface area contributed by atoms with Gasteiger partial charge >= 0.3 is 5.97 Å². The molecular formula is C24H26BrN5O5. The largest absolute Gasteiger partial charge is 0.495 e. The zero-order valence-electron chi connectivity index (χ0n) is 19.1. The van der Waals surface area contributed by atoms with E-state index in [0.29, 0.717) is 33.8 Å². The van der Waals surface area contributed by atoms with Crippen molar-refractivity contribution in [2.45, 2.75) is 19.4 Å². The van der Waals surface area contributed by atoms with Gasteiger partial charge in [-0.05, 0) is 39.2 Å². The molecule has 3 rings (SSSR count). The summed E-state index contributed by atoms with van der Waals surface area (Å²) in [6.07, 6.45) is 2.04. The number of carbonyl (C=O) groups is 2. The summed E-state index contributed by atoms with van der Waals surface area (Å²) in [6, 6.07) is 12.9. The molecule has 184 valence electrons. The molecule has 11 heteroatoms. The highest BCUT2D eigenvalue weighted by Crippen LogP contribution is 2.36. The van der Waals surface area contributed by atoms with Gasteiger partial charge in [0.2, 0.25) is 11.9 Å². The number of methoxy groups -OCH3 is 1. The Morgan fingerprint density at radius 3 is 2.54 bits per heavy atom. The number of amides is 1. The fraction of sp³-hybridized carbons (Fsp3) is 0.250. The quantitative estimate of drug-likeness (QED) is 0.310. The van der Waals surface area contributed by atoms with Gasteiger partial charge in [0, 0.05) is 18.2 Å². The molecule has 10 nitrogen and oxygen atoms in total. The number of carbonyl (C=O) groups excluding carboxylic acids is 2. The normalized spacial score (nSPS) is 10.5. The fourth-order valence-corrected chi connectivity index (χ4v) is 3.58. The van der Waals surface area contributed by atoms with Gasteiger partial charge in [-0.1, -0.05) is 30.3 Å². The lowest BCUT2D eigenvalue weighted by molar-refractivity contribution is -0.145. The van der Waals surface area contributed by atoms with Gasteiger partial charge in [0.15, 0.2) is 0 Å². The lowest BCUT2D eigenvalue weighted by Crippen LogP contribution is -2.31. The summed E-state index contributed by atoms with van der Waals surface area (Å²) in [7, 11) is 1.54. The van der Waals surface area contributed by atoms with Gasteiger partial charge < -0.3 is 31.0 Å². The lowest BCUT2D eigenvalue weighted by Gasteiger charge is -2.14. The van der Waals surface area contributed by atoms with Crippen molar-refractivity contribution in [2.75, 3.05) is 31.7 Å². The van der Waals surface area contributed by atoms with Crippen LogP contribution in [0.5, 0.6) is 11.5 Å². The highest BCUT2D eigenvalue weighted by Gasteiger charge is 2.14. The van der Waals surface area contributed by atoms with E-state index in [0.717, 1.165) is 11.1 Å². The molecule has 2 aromatic carbocycles. The molecule has 3 aromatic rings. The minimum Gasteiger partial charge on any atom is -0.495 e. The van der Waals surface area contributed by atoms with Crippen LogP contribution in [0.4, 0.5) is 11.8 Å². The highest BCUT2D eigenvalue weighted by molar-refractivity contribution is 9.10. The fourth-order valence-electron chi connectivity index (χ4n) is 3.07. The third-order valence-electron chi connectivity index (χ3n) is 4.86. The summed E-state index contributed by atoms with van der Waals surface area (Å²) in [5, 5.41) is 2.53. The van der Waals surface area contributed by atoms with Crippen molar-refractivity contribution >= 4 is 39.6 Å². The number of nitrogens with two attached hydrogens (primary N) is 2. The summed E-state index contributed by atoms with van der Waals surface area (Å²) in [5.41, 5.74) is 13.9. The number of nitrogens with zero attached hydrogens (tertiary/aromatic N) is 2. The number of nitrogens with one attached hydrogen (secondary N) is 1. The molecule has 1 heterocycles. The van der Waals surface area contributed by atoms with Crippen LogP contribution in [0.3, 0.4) is 0 Å². The van der Waals surface area contributed by atoms with Crippen LogP contribution in [-0.2, 0) is 27.4 Å². The van der Waals surface area contributed by atoms with E-state index in [9.17, 15) is 9.59 Å². The van der Waals surface area contributed by atoms with Crippen molar-refractivity contribution < 1.29 is 23.8 Å². The Hall–Kier alpha value is -3.86. The molecule has 0 aliphatic heterocycles. The molecule has 0 aliphatic rings. The number of benzene rings is 2. The Morgan fingerprint density at radius 1 is 1.09 bits per heavy atom. The maximum atomic E-state index is 12.1. The molecule has 0 saturated carbocycles. The minimum absolute atomic E-state index is 0.0453. The van der Waals surface area contributed by atoms with E-state index in [1.54, 1.807) is 19.4 Å². The molecule has 35 heavy (non-hydrogen) atoms. The zero-order chi connectivity index (χ0) is 25.2. The maximum Gasteiger partial charge on any atom is 0.325 e. The van der Waals surface area contributed by atoms with Crippen molar-refractivity contribution in [3.8, 4) is 11.5 Å². The smallest absolute Gasteiger partial charge is 0.325 e. The average molecular weight is 544 g/mol. The predicted molar refractivity (Wildman–Crippen MR) is 134 cm³/mol. The molecular weight excluding hydrogens is 518 g/mol. The molecule has 0 radical (unpaired) electrons. The van der Waals surface area contributed by atoms with Crippen LogP contribution < -0.4 is 26.3 Å². The van der Waals surface area contributed by atoms with Crippen molar-refractivity contribution in [3.63, 3.8) is 0 Å². The third-order valence-corrected chi connectivity index (χ3v) is 5.64. The van der Waals surface area contributed by atoms with Gasteiger partial charge in [0.05, 0.1) is 20.1 Å². The Morgan fingerprint density at radius 2 is 1.83 bits per heavy atom. The SMILES string of the molecule is COc1cc(Cc2cnc(N)nc2N)cc(OCCC(=O)NCC(=O)OCc2ccccc2)c1Br. The van der Waals surface area contributed by atoms with Crippen molar-refractivity contribution in [2.24, 2.45) is 0 Å². The standard InChI is InChI=1S/C24H26BrN5O5/c1-33-18-10-16(9-17-12-29-24(27)30-23(17)26)11-19(22(18)25)34-8-7-20(31)28-13-21(32)35-14-15-5-3-2-4-6-15/h2-6,10-12H,7-9,13-14H2,1H3,(H,28,31)(H4,26,27,29,30). The van der Waals surface area contributed by atoms with Crippen LogP contribution in [-0.4, -0.2) is 42.1 Å². The van der Waals surface area contributed by atoms with Gasteiger partial charge in [-0.3, -0.25) is 9.59 Å². The van der Waals surface area contributed by atoms with Crippen molar-refractivity contribution in [3.05, 3.63) is 69.8 Å². The van der Waals surface area contributed by atoms with Crippen LogP contribution in [0.25, 0.3) is 0 Å². The number of nitrogen functional groups attached to an aromatic ring is 2. The van der Waals surface area contributed by atoms with Gasteiger partial charge in [0.25, 0.3) is 0 Å². The van der Waals surface area contributed by atoms with E-state index in [-0.39, 0.29) is 38.0 Å². The number of aromatic nitrogens is 2. The molecule has 0 fully saturated rings. The van der Waals surface area contributed by atoms with Crippen molar-refractivity contribution in [1.82, 2.24) is 15.3 Å². The molecule has 0 unspecified atom stereocenters. The van der Waals surface area contributed by atoms with E-state index in [1.165, 1.54) is 0 Å².